The van der Waals surface area contributed by atoms with Gasteiger partial charge in [0.05, 0.1) is 5.88 Å². The summed E-state index contributed by atoms with van der Waals surface area (Å²) in [5, 5.41) is 12.8. The number of halogens is 2. The number of nitrogens with two attached hydrogens (primary N) is 1. The molecule has 0 spiro atoms. The third kappa shape index (κ3) is 5.99. The summed E-state index contributed by atoms with van der Waals surface area (Å²) in [7, 11) is 0. The van der Waals surface area contributed by atoms with Crippen LogP contribution >= 0.6 is 35.0 Å². The van der Waals surface area contributed by atoms with Gasteiger partial charge in [0.25, 0.3) is 0 Å². The molecule has 170 valence electrons. The molecule has 32 heavy (non-hydrogen) atoms. The van der Waals surface area contributed by atoms with Crippen LogP contribution in [-0.4, -0.2) is 51.6 Å². The molecule has 0 bridgehead atoms. The first-order valence-electron chi connectivity index (χ1n) is 9.58. The summed E-state index contributed by atoms with van der Waals surface area (Å²) in [6.45, 7) is 0.192. The highest BCUT2D eigenvalue weighted by molar-refractivity contribution is 7.99. The summed E-state index contributed by atoms with van der Waals surface area (Å²) >= 11 is 13.6. The minimum atomic E-state index is -1.18. The Bertz CT molecular complexity index is 985. The van der Waals surface area contributed by atoms with Gasteiger partial charge in [0.15, 0.2) is 0 Å². The summed E-state index contributed by atoms with van der Waals surface area (Å²) in [6.07, 6.45) is -1.02. The number of thioether (sulfide) groups is 1. The van der Waals surface area contributed by atoms with Crippen LogP contribution in [0.5, 0.6) is 5.75 Å². The summed E-state index contributed by atoms with van der Waals surface area (Å²) in [5.41, 5.74) is 6.88. The van der Waals surface area contributed by atoms with E-state index in [4.69, 9.17) is 33.7 Å². The molecule has 0 aromatic heterocycles. The Labute approximate surface area is 199 Å². The van der Waals surface area contributed by atoms with Crippen LogP contribution in [0.3, 0.4) is 0 Å². The fraction of sp³-hybridized carbons (Fsp3) is 0.286. The number of rotatable bonds is 8. The molecule has 1 saturated heterocycles. The molecule has 2 atom stereocenters. The van der Waals surface area contributed by atoms with Crippen LogP contribution in [0.2, 0.25) is 10.0 Å². The predicted molar refractivity (Wildman–Crippen MR) is 123 cm³/mol. The molecule has 3 rings (SSSR count). The molecule has 1 aliphatic heterocycles. The third-order valence-corrected chi connectivity index (χ3v) is 6.62. The van der Waals surface area contributed by atoms with Gasteiger partial charge >= 0.3 is 6.09 Å². The fourth-order valence-corrected chi connectivity index (χ4v) is 4.78. The van der Waals surface area contributed by atoms with Gasteiger partial charge in [0.1, 0.15) is 24.4 Å². The lowest BCUT2D eigenvalue weighted by Gasteiger charge is -2.23. The first-order valence-corrected chi connectivity index (χ1v) is 11.5. The number of hydrogen-bond acceptors (Lipinski definition) is 5. The van der Waals surface area contributed by atoms with Gasteiger partial charge in [0, 0.05) is 27.8 Å². The molecular formula is C21H21Cl2N3O5S. The first kappa shape index (κ1) is 24.0. The molecule has 0 unspecified atom stereocenters. The van der Waals surface area contributed by atoms with E-state index in [0.717, 1.165) is 10.5 Å². The van der Waals surface area contributed by atoms with Crippen LogP contribution in [0.25, 0.3) is 0 Å². The number of carboxylic acid groups (broad SMARTS) is 1. The summed E-state index contributed by atoms with van der Waals surface area (Å²) in [4.78, 5) is 36.7. The molecule has 0 aliphatic carbocycles. The molecule has 1 heterocycles. The number of amides is 3. The molecule has 1 fully saturated rings. The van der Waals surface area contributed by atoms with Crippen molar-refractivity contribution in [3.8, 4) is 5.75 Å². The van der Waals surface area contributed by atoms with Crippen molar-refractivity contribution in [2.75, 3.05) is 11.6 Å². The van der Waals surface area contributed by atoms with E-state index < -0.39 is 30.0 Å². The topological polar surface area (TPSA) is 122 Å². The molecule has 2 aromatic rings. The van der Waals surface area contributed by atoms with Gasteiger partial charge in [-0.05, 0) is 29.8 Å². The van der Waals surface area contributed by atoms with E-state index in [1.807, 2.05) is 0 Å². The van der Waals surface area contributed by atoms with E-state index in [9.17, 15) is 19.5 Å². The lowest BCUT2D eigenvalue weighted by molar-refractivity contribution is -0.129. The Morgan fingerprint density at radius 3 is 2.44 bits per heavy atom. The van der Waals surface area contributed by atoms with Crippen molar-refractivity contribution in [1.82, 2.24) is 10.2 Å². The lowest BCUT2D eigenvalue weighted by atomic mass is 10.0. The Kier molecular flexibility index (Phi) is 8.11. The summed E-state index contributed by atoms with van der Waals surface area (Å²) in [5.74, 6) is -0.150. The Morgan fingerprint density at radius 1 is 1.19 bits per heavy atom. The molecule has 4 N–H and O–H groups in total. The lowest BCUT2D eigenvalue weighted by Crippen LogP contribution is -2.53. The number of benzene rings is 2. The fourth-order valence-electron chi connectivity index (χ4n) is 3.12. The molecule has 0 saturated carbocycles. The largest absolute Gasteiger partial charge is 0.489 e. The standard InChI is InChI=1S/C21H21Cl2N3O5S/c22-15-2-1-3-16(23)14(15)9-31-13-6-4-12(5-7-13)8-17(19(24)27)25-20(28)18-10-32-11-26(18)21(29)30/h1-7,17-18H,8-11H2,(H2,24,27)(H,25,28)(H,29,30)/t17-,18+/m0/s1. The quantitative estimate of drug-likeness (QED) is 0.514. The van der Waals surface area contributed by atoms with Crippen LogP contribution in [0.4, 0.5) is 4.79 Å². The van der Waals surface area contributed by atoms with Crippen LogP contribution in [-0.2, 0) is 22.6 Å². The molecule has 11 heteroatoms. The zero-order valence-corrected chi connectivity index (χ0v) is 19.1. The van der Waals surface area contributed by atoms with Gasteiger partial charge in [-0.1, -0.05) is 41.4 Å². The van der Waals surface area contributed by atoms with Gasteiger partial charge < -0.3 is 20.9 Å². The number of ether oxygens (including phenoxy) is 1. The number of primary amides is 1. The highest BCUT2D eigenvalue weighted by atomic mass is 35.5. The van der Waals surface area contributed by atoms with E-state index >= 15 is 0 Å². The Balaban J connectivity index is 1.60. The average molecular weight is 498 g/mol. The molecule has 8 nitrogen and oxygen atoms in total. The van der Waals surface area contributed by atoms with E-state index in [0.29, 0.717) is 27.1 Å². The maximum absolute atomic E-state index is 12.5. The van der Waals surface area contributed by atoms with Crippen LogP contribution < -0.4 is 15.8 Å². The van der Waals surface area contributed by atoms with Crippen molar-refractivity contribution in [3.63, 3.8) is 0 Å². The van der Waals surface area contributed by atoms with Crippen molar-refractivity contribution >= 4 is 52.9 Å². The monoisotopic (exact) mass is 497 g/mol. The predicted octanol–water partition coefficient (Wildman–Crippen LogP) is 3.14. The van der Waals surface area contributed by atoms with Crippen molar-refractivity contribution in [2.24, 2.45) is 5.73 Å². The smallest absolute Gasteiger partial charge is 0.408 e. The van der Waals surface area contributed by atoms with Crippen LogP contribution in [0.1, 0.15) is 11.1 Å². The number of carbonyl (C=O) groups is 3. The van der Waals surface area contributed by atoms with Crippen LogP contribution in [0.15, 0.2) is 42.5 Å². The van der Waals surface area contributed by atoms with E-state index in [1.54, 1.807) is 42.5 Å². The molecular weight excluding hydrogens is 477 g/mol. The molecule has 3 amide bonds. The molecule has 2 aromatic carbocycles. The normalized spacial score (nSPS) is 16.4. The van der Waals surface area contributed by atoms with Crippen molar-refractivity contribution in [2.45, 2.75) is 25.1 Å². The minimum Gasteiger partial charge on any atom is -0.489 e. The van der Waals surface area contributed by atoms with Gasteiger partial charge in [0.2, 0.25) is 11.8 Å². The average Bonchev–Trinajstić information content (AvgIpc) is 3.24. The zero-order chi connectivity index (χ0) is 23.3. The zero-order valence-electron chi connectivity index (χ0n) is 16.8. The summed E-state index contributed by atoms with van der Waals surface area (Å²) < 4.78 is 5.73. The second-order valence-electron chi connectivity index (χ2n) is 7.07. The Morgan fingerprint density at radius 2 is 1.84 bits per heavy atom. The van der Waals surface area contributed by atoms with Gasteiger partial charge in [-0.2, -0.15) is 0 Å². The SMILES string of the molecule is NC(=O)[C@H](Cc1ccc(OCc2c(Cl)cccc2Cl)cc1)NC(=O)[C@H]1CSCN1C(=O)O. The van der Waals surface area contributed by atoms with Gasteiger partial charge in [-0.25, -0.2) is 4.79 Å². The number of nitrogens with one attached hydrogen (secondary N) is 1. The maximum Gasteiger partial charge on any atom is 0.408 e. The molecule has 0 radical (unpaired) electrons. The molecule has 1 aliphatic rings. The number of nitrogens with zero attached hydrogens (tertiary/aromatic N) is 1. The second kappa shape index (κ2) is 10.8. The number of hydrogen-bond donors (Lipinski definition) is 3. The Hall–Kier alpha value is -2.62. The van der Waals surface area contributed by atoms with Crippen molar-refractivity contribution in [3.05, 3.63) is 63.6 Å². The highest BCUT2D eigenvalue weighted by Crippen LogP contribution is 2.26. The van der Waals surface area contributed by atoms with Gasteiger partial charge in [-0.3, -0.25) is 14.5 Å². The third-order valence-electron chi connectivity index (χ3n) is 4.90. The highest BCUT2D eigenvalue weighted by Gasteiger charge is 2.36. The van der Waals surface area contributed by atoms with Crippen molar-refractivity contribution < 1.29 is 24.2 Å². The first-order chi connectivity index (χ1) is 15.3. The van der Waals surface area contributed by atoms with Gasteiger partial charge in [-0.15, -0.1) is 11.8 Å². The van der Waals surface area contributed by atoms with Crippen LogP contribution in [0, 0.1) is 0 Å². The number of carbonyl (C=O) groups excluding carboxylic acids is 2. The maximum atomic E-state index is 12.5. The van der Waals surface area contributed by atoms with E-state index in [2.05, 4.69) is 5.32 Å². The van der Waals surface area contributed by atoms with Crippen molar-refractivity contribution in [1.29, 1.82) is 0 Å². The second-order valence-corrected chi connectivity index (χ2v) is 8.88. The summed E-state index contributed by atoms with van der Waals surface area (Å²) in [6, 6.07) is 10.3. The minimum absolute atomic E-state index is 0.157. The van der Waals surface area contributed by atoms with E-state index in [-0.39, 0.29) is 18.9 Å². The van der Waals surface area contributed by atoms with E-state index in [1.165, 1.54) is 11.8 Å².